The van der Waals surface area contributed by atoms with Gasteiger partial charge < -0.3 is 65.3 Å². The van der Waals surface area contributed by atoms with E-state index >= 15 is 0 Å². The minimum absolute atomic E-state index is 0. The van der Waals surface area contributed by atoms with Crippen LogP contribution in [0.3, 0.4) is 0 Å². The second-order valence-corrected chi connectivity index (χ2v) is 12.6. The number of hydrogen-bond acceptors (Lipinski definition) is 6. The normalized spacial score (nSPS) is 23.4. The summed E-state index contributed by atoms with van der Waals surface area (Å²) in [5, 5.41) is 20.9. The molecule has 4 unspecified atom stereocenters. The number of quaternary nitrogens is 2. The molecule has 2 aliphatic rings. The molecule has 6 N–H and O–H groups in total. The molecular weight excluding hydrogens is 535 g/mol. The van der Waals surface area contributed by atoms with Gasteiger partial charge in [0.2, 0.25) is 0 Å². The molecule has 0 saturated carbocycles. The first kappa shape index (κ1) is 33.3. The van der Waals surface area contributed by atoms with Crippen LogP contribution in [0.2, 0.25) is 0 Å². The lowest BCUT2D eigenvalue weighted by Crippen LogP contribution is -3.00. The van der Waals surface area contributed by atoms with E-state index in [9.17, 15) is 10.2 Å². The van der Waals surface area contributed by atoms with Gasteiger partial charge in [-0.25, -0.2) is 0 Å². The number of β-amino-alcohol motifs (C(OH)–C–C–N with tert-alkyl or cyclic N) is 2. The molecule has 0 aliphatic carbocycles. The van der Waals surface area contributed by atoms with Gasteiger partial charge in [-0.3, -0.25) is 0 Å². The molecule has 8 nitrogen and oxygen atoms in total. The topological polar surface area (TPSA) is 99.0 Å². The lowest BCUT2D eigenvalue weighted by molar-refractivity contribution is -0.910. The van der Waals surface area contributed by atoms with Crippen LogP contribution in [0.1, 0.15) is 19.3 Å². The molecule has 2 aromatic carbocycles. The third-order valence-electron chi connectivity index (χ3n) is 8.17. The van der Waals surface area contributed by atoms with E-state index in [1.807, 2.05) is 24.3 Å². The zero-order valence-electron chi connectivity index (χ0n) is 23.9. The maximum atomic E-state index is 10.4. The van der Waals surface area contributed by atoms with Crippen LogP contribution < -0.4 is 46.1 Å². The van der Waals surface area contributed by atoms with E-state index in [2.05, 4.69) is 62.3 Å². The van der Waals surface area contributed by atoms with Gasteiger partial charge in [-0.2, -0.15) is 0 Å². The first-order valence-electron chi connectivity index (χ1n) is 13.7. The Balaban J connectivity index is 0.00000267. The van der Waals surface area contributed by atoms with Gasteiger partial charge in [-0.1, -0.05) is 0 Å². The Morgan fingerprint density at radius 2 is 1.00 bits per heavy atom. The van der Waals surface area contributed by atoms with Crippen LogP contribution in [0.15, 0.2) is 48.5 Å². The van der Waals surface area contributed by atoms with Gasteiger partial charge in [0.15, 0.2) is 0 Å². The fourth-order valence-electron chi connectivity index (χ4n) is 6.34. The van der Waals surface area contributed by atoms with Gasteiger partial charge in [-0.05, 0) is 48.5 Å². The molecule has 2 aliphatic heterocycles. The summed E-state index contributed by atoms with van der Waals surface area (Å²) < 4.78 is 1.84. The first-order valence-corrected chi connectivity index (χ1v) is 13.7. The Morgan fingerprint density at radius 1 is 0.667 bits per heavy atom. The van der Waals surface area contributed by atoms with Crippen molar-refractivity contribution in [3.05, 3.63) is 48.5 Å². The molecule has 220 valence electrons. The van der Waals surface area contributed by atoms with Crippen LogP contribution in [0, 0.1) is 0 Å². The van der Waals surface area contributed by atoms with E-state index in [-0.39, 0.29) is 37.0 Å². The molecule has 2 heterocycles. The van der Waals surface area contributed by atoms with Crippen LogP contribution >= 0.6 is 0 Å². The number of halogens is 2. The summed E-state index contributed by atoms with van der Waals surface area (Å²) in [6.45, 7) is 5.51. The van der Waals surface area contributed by atoms with Crippen molar-refractivity contribution in [2.24, 2.45) is 0 Å². The highest BCUT2D eigenvalue weighted by atomic mass is 35.5. The lowest BCUT2D eigenvalue weighted by atomic mass is 10.1. The van der Waals surface area contributed by atoms with Crippen molar-refractivity contribution < 1.29 is 44.0 Å². The van der Waals surface area contributed by atoms with Gasteiger partial charge in [-0.15, -0.1) is 0 Å². The molecule has 39 heavy (non-hydrogen) atoms. The molecule has 0 aromatic heterocycles. The molecule has 0 radical (unpaired) electrons. The highest BCUT2D eigenvalue weighted by Gasteiger charge is 2.37. The molecule has 2 fully saturated rings. The van der Waals surface area contributed by atoms with Crippen molar-refractivity contribution >= 4 is 22.7 Å². The summed E-state index contributed by atoms with van der Waals surface area (Å²) in [6, 6.07) is 16.6. The molecule has 2 aromatic rings. The predicted octanol–water partition coefficient (Wildman–Crippen LogP) is -4.02. The Bertz CT molecular complexity index is 940. The number of hydrogen-bond donors (Lipinski definition) is 4. The second-order valence-electron chi connectivity index (χ2n) is 12.6. The smallest absolute Gasteiger partial charge is 0.0990 e. The maximum Gasteiger partial charge on any atom is 0.0990 e. The summed E-state index contributed by atoms with van der Waals surface area (Å²) in [6.07, 6.45) is 2.15. The Morgan fingerprint density at radius 3 is 1.33 bits per heavy atom. The number of anilines is 4. The highest BCUT2D eigenvalue weighted by molar-refractivity contribution is 5.55. The molecule has 4 atom stereocenters. The van der Waals surface area contributed by atoms with Gasteiger partial charge >= 0.3 is 0 Å². The van der Waals surface area contributed by atoms with Crippen LogP contribution in [0.4, 0.5) is 22.7 Å². The third-order valence-corrected chi connectivity index (χ3v) is 8.17. The number of likely N-dealkylation sites (N-methyl/N-ethyl adjacent to an activating group) is 2. The highest BCUT2D eigenvalue weighted by Crippen LogP contribution is 2.29. The zero-order valence-corrected chi connectivity index (χ0v) is 25.4. The van der Waals surface area contributed by atoms with Crippen LogP contribution in [0.5, 0.6) is 0 Å². The van der Waals surface area contributed by atoms with Crippen LogP contribution in [0.25, 0.3) is 0 Å². The molecule has 0 bridgehead atoms. The van der Waals surface area contributed by atoms with Gasteiger partial charge in [0.1, 0.15) is 0 Å². The largest absolute Gasteiger partial charge is 1.00 e. The fraction of sp³-hybridized carbons (Fsp3) is 0.586. The van der Waals surface area contributed by atoms with E-state index in [1.54, 1.807) is 0 Å². The third kappa shape index (κ3) is 9.03. The lowest BCUT2D eigenvalue weighted by Gasteiger charge is -2.39. The Hall–Kier alpha value is -1.94. The minimum atomic E-state index is -0.288. The summed E-state index contributed by atoms with van der Waals surface area (Å²) in [7, 11) is 9.23. The standard InChI is InChI=1S/C29H48N6O2.2ClH/c1-34(2,20-26-16-28(36)18-32(26)24-10-6-22(30)7-11-24)14-5-15-35(3,4)21-27-17-29(37)19-33(27)25-12-8-23(31)9-13-25;;/h6-13,26-29,36-37H,5,14-21,30-31H2,1-4H3;2*1H/q+2;;/p-2. The van der Waals surface area contributed by atoms with Crippen molar-refractivity contribution in [1.82, 2.24) is 0 Å². The molecule has 4 rings (SSSR count). The molecule has 0 amide bonds. The fourth-order valence-corrected chi connectivity index (χ4v) is 6.34. The molecule has 0 spiro atoms. The second kappa shape index (κ2) is 13.6. The number of aliphatic hydroxyl groups excluding tert-OH is 2. The van der Waals surface area contributed by atoms with Gasteiger partial charge in [0, 0.05) is 55.1 Å². The molecule has 2 saturated heterocycles. The number of nitrogens with two attached hydrogens (primary N) is 2. The average molecular weight is 584 g/mol. The number of benzene rings is 2. The quantitative estimate of drug-likeness (QED) is 0.168. The number of nitrogen functional groups attached to an aromatic ring is 2. The van der Waals surface area contributed by atoms with E-state index in [1.165, 1.54) is 0 Å². The number of aliphatic hydroxyl groups is 2. The predicted molar refractivity (Wildman–Crippen MR) is 154 cm³/mol. The van der Waals surface area contributed by atoms with Crippen molar-refractivity contribution in [2.75, 3.05) is 88.7 Å². The van der Waals surface area contributed by atoms with Gasteiger partial charge in [0.05, 0.1) is 78.7 Å². The minimum Gasteiger partial charge on any atom is -1.00 e. The monoisotopic (exact) mass is 582 g/mol. The Kier molecular flexibility index (Phi) is 11.6. The Labute approximate surface area is 247 Å². The summed E-state index contributed by atoms with van der Waals surface area (Å²) in [4.78, 5) is 4.70. The van der Waals surface area contributed by atoms with E-state index in [0.717, 1.165) is 77.2 Å². The SMILES string of the molecule is C[N+](C)(CCC[N+](C)(C)CC1CC(O)CN1c1ccc(N)cc1)CC1CC(O)CN1c1ccc(N)cc1.[Cl-].[Cl-]. The maximum absolute atomic E-state index is 10.4. The van der Waals surface area contributed by atoms with Crippen molar-refractivity contribution in [3.63, 3.8) is 0 Å². The van der Waals surface area contributed by atoms with Crippen molar-refractivity contribution in [3.8, 4) is 0 Å². The van der Waals surface area contributed by atoms with Crippen molar-refractivity contribution in [1.29, 1.82) is 0 Å². The van der Waals surface area contributed by atoms with Crippen LogP contribution in [-0.4, -0.2) is 111 Å². The number of nitrogens with zero attached hydrogens (tertiary/aromatic N) is 4. The first-order chi connectivity index (χ1) is 17.4. The van der Waals surface area contributed by atoms with Crippen LogP contribution in [-0.2, 0) is 0 Å². The summed E-state index contributed by atoms with van der Waals surface area (Å²) >= 11 is 0. The van der Waals surface area contributed by atoms with E-state index in [0.29, 0.717) is 25.2 Å². The molecule has 10 heteroatoms. The zero-order chi connectivity index (χ0) is 26.8. The van der Waals surface area contributed by atoms with Crippen molar-refractivity contribution in [2.45, 2.75) is 43.6 Å². The summed E-state index contributed by atoms with van der Waals surface area (Å²) in [5.41, 5.74) is 15.6. The van der Waals surface area contributed by atoms with E-state index in [4.69, 9.17) is 11.5 Å². The average Bonchev–Trinajstić information content (AvgIpc) is 3.35. The number of rotatable bonds is 10. The van der Waals surface area contributed by atoms with Gasteiger partial charge in [0.25, 0.3) is 0 Å². The molecular formula is C29H48Cl2N6O2. The van der Waals surface area contributed by atoms with E-state index < -0.39 is 0 Å². The summed E-state index contributed by atoms with van der Waals surface area (Å²) in [5.74, 6) is 0.